The highest BCUT2D eigenvalue weighted by Crippen LogP contribution is 2.29. The Morgan fingerprint density at radius 3 is 2.06 bits per heavy atom. The topological polar surface area (TPSA) is 143 Å². The predicted molar refractivity (Wildman–Crippen MR) is 133 cm³/mol. The molecule has 4 atom stereocenters. The van der Waals surface area contributed by atoms with Crippen LogP contribution in [0.25, 0.3) is 0 Å². The number of Topliss-reactive ketones (excluding diaryl/α,β-unsaturated/α-hetero) is 1. The van der Waals surface area contributed by atoms with Crippen LogP contribution >= 0.6 is 0 Å². The number of ether oxygens (including phenoxy) is 1. The maximum Gasteiger partial charge on any atom is 0.322 e. The van der Waals surface area contributed by atoms with Crippen LogP contribution in [0.3, 0.4) is 0 Å². The first-order chi connectivity index (χ1) is 16.4. The van der Waals surface area contributed by atoms with Gasteiger partial charge in [0, 0.05) is 0 Å². The summed E-state index contributed by atoms with van der Waals surface area (Å²) in [7, 11) is 0. The van der Waals surface area contributed by atoms with Crippen LogP contribution < -0.4 is 21.7 Å². The quantitative estimate of drug-likeness (QED) is 0.313. The molecule has 0 radical (unpaired) electrons. The molecule has 2 rings (SSSR count). The van der Waals surface area contributed by atoms with Crippen LogP contribution in [0, 0.1) is 11.8 Å². The zero-order valence-corrected chi connectivity index (χ0v) is 21.4. The van der Waals surface area contributed by atoms with Gasteiger partial charge in [0.25, 0.3) is 5.91 Å². The normalized spacial score (nSPS) is 19.5. The second-order valence-electron chi connectivity index (χ2n) is 10.4. The van der Waals surface area contributed by atoms with Crippen LogP contribution in [-0.4, -0.2) is 54.0 Å². The summed E-state index contributed by atoms with van der Waals surface area (Å²) in [6, 6.07) is 6.41. The van der Waals surface area contributed by atoms with E-state index in [1.807, 2.05) is 58.0 Å². The number of imide groups is 1. The monoisotopic (exact) mass is 488 g/mol. The molecule has 1 heterocycles. The highest BCUT2D eigenvalue weighted by Gasteiger charge is 2.50. The fourth-order valence-electron chi connectivity index (χ4n) is 3.79. The van der Waals surface area contributed by atoms with E-state index in [0.29, 0.717) is 32.3 Å². The number of aryl methyl sites for hydroxylation is 1. The summed E-state index contributed by atoms with van der Waals surface area (Å²) >= 11 is 0. The van der Waals surface area contributed by atoms with E-state index >= 15 is 0 Å². The minimum atomic E-state index is -0.931. The number of nitrogens with one attached hydrogen (secondary N) is 3. The average Bonchev–Trinajstić information content (AvgIpc) is 3.54. The SMILES string of the molecule is CC(C)CC(NC(=O)[C@@H](N)CCc1ccccc1)C(=O)NC(=O)NC(CC(C)C)C(=O)C1(C)CO1. The first-order valence-corrected chi connectivity index (χ1v) is 12.3. The molecule has 0 bridgehead atoms. The molecule has 0 spiro atoms. The molecular formula is C26H40N4O5. The maximum absolute atomic E-state index is 12.9. The van der Waals surface area contributed by atoms with Crippen LogP contribution in [0.15, 0.2) is 30.3 Å². The van der Waals surface area contributed by atoms with E-state index in [9.17, 15) is 19.2 Å². The number of carbonyl (C=O) groups is 4. The summed E-state index contributed by atoms with van der Waals surface area (Å²) in [5.41, 5.74) is 6.25. The number of amides is 4. The molecule has 1 aliphatic heterocycles. The van der Waals surface area contributed by atoms with E-state index < -0.39 is 41.6 Å². The van der Waals surface area contributed by atoms with Gasteiger partial charge in [-0.1, -0.05) is 58.0 Å². The van der Waals surface area contributed by atoms with E-state index in [1.54, 1.807) is 6.92 Å². The molecular weight excluding hydrogens is 448 g/mol. The smallest absolute Gasteiger partial charge is 0.322 e. The predicted octanol–water partition coefficient (Wildman–Crippen LogP) is 2.08. The summed E-state index contributed by atoms with van der Waals surface area (Å²) in [4.78, 5) is 50.9. The number of hydrogen-bond acceptors (Lipinski definition) is 6. The number of benzene rings is 1. The molecule has 9 heteroatoms. The van der Waals surface area contributed by atoms with Crippen molar-refractivity contribution in [2.45, 2.75) is 84.0 Å². The first-order valence-electron chi connectivity index (χ1n) is 12.3. The fraction of sp³-hybridized carbons (Fsp3) is 0.615. The average molecular weight is 489 g/mol. The van der Waals surface area contributed by atoms with Gasteiger partial charge in [-0.25, -0.2) is 4.79 Å². The Labute approximate surface area is 207 Å². The molecule has 0 aliphatic carbocycles. The van der Waals surface area contributed by atoms with Gasteiger partial charge in [0.2, 0.25) is 5.91 Å². The Hall–Kier alpha value is -2.78. The van der Waals surface area contributed by atoms with Crippen molar-refractivity contribution in [1.29, 1.82) is 0 Å². The zero-order valence-electron chi connectivity index (χ0n) is 21.4. The van der Waals surface area contributed by atoms with Crippen LogP contribution in [0.5, 0.6) is 0 Å². The van der Waals surface area contributed by atoms with Crippen molar-refractivity contribution in [1.82, 2.24) is 16.0 Å². The highest BCUT2D eigenvalue weighted by atomic mass is 16.6. The number of nitrogens with two attached hydrogens (primary N) is 1. The van der Waals surface area contributed by atoms with Gasteiger partial charge in [0.15, 0.2) is 5.78 Å². The van der Waals surface area contributed by atoms with Gasteiger partial charge in [0.05, 0.1) is 18.7 Å². The highest BCUT2D eigenvalue weighted by molar-refractivity contribution is 6.01. The van der Waals surface area contributed by atoms with Crippen molar-refractivity contribution >= 4 is 23.6 Å². The number of carbonyl (C=O) groups excluding carboxylic acids is 4. The summed E-state index contributed by atoms with van der Waals surface area (Å²) in [5, 5.41) is 7.58. The van der Waals surface area contributed by atoms with Crippen LogP contribution in [0.2, 0.25) is 0 Å². The molecule has 0 saturated carbocycles. The van der Waals surface area contributed by atoms with E-state index in [0.717, 1.165) is 5.56 Å². The van der Waals surface area contributed by atoms with Gasteiger partial charge in [-0.15, -0.1) is 0 Å². The van der Waals surface area contributed by atoms with Crippen molar-refractivity contribution in [3.63, 3.8) is 0 Å². The fourth-order valence-corrected chi connectivity index (χ4v) is 3.79. The maximum atomic E-state index is 12.9. The van der Waals surface area contributed by atoms with E-state index in [4.69, 9.17) is 10.5 Å². The van der Waals surface area contributed by atoms with Crippen molar-refractivity contribution in [2.24, 2.45) is 17.6 Å². The van der Waals surface area contributed by atoms with E-state index in [-0.39, 0.29) is 17.6 Å². The van der Waals surface area contributed by atoms with Crippen molar-refractivity contribution < 1.29 is 23.9 Å². The number of ketones is 1. The van der Waals surface area contributed by atoms with Crippen LogP contribution in [-0.2, 0) is 25.5 Å². The van der Waals surface area contributed by atoms with Crippen molar-refractivity contribution in [3.05, 3.63) is 35.9 Å². The molecule has 1 fully saturated rings. The second-order valence-corrected chi connectivity index (χ2v) is 10.4. The lowest BCUT2D eigenvalue weighted by Gasteiger charge is -2.24. The van der Waals surface area contributed by atoms with Gasteiger partial charge < -0.3 is 21.1 Å². The molecule has 1 saturated heterocycles. The van der Waals surface area contributed by atoms with Crippen LogP contribution in [0.4, 0.5) is 4.79 Å². The standard InChI is InChI=1S/C26H40N4O5/c1-16(2)13-20(22(31)26(5)15-35-26)29-25(34)30-24(33)21(14-17(3)4)28-23(32)19(27)12-11-18-9-7-6-8-10-18/h6-10,16-17,19-21H,11-15,27H2,1-5H3,(H,28,32)(H2,29,30,33,34)/t19-,20?,21?,26?/m0/s1. The summed E-state index contributed by atoms with van der Waals surface area (Å²) < 4.78 is 5.23. The van der Waals surface area contributed by atoms with Crippen LogP contribution in [0.1, 0.15) is 59.4 Å². The first kappa shape index (κ1) is 28.5. The molecule has 9 nitrogen and oxygen atoms in total. The molecule has 35 heavy (non-hydrogen) atoms. The summed E-state index contributed by atoms with van der Waals surface area (Å²) in [6.07, 6.45) is 1.80. The Kier molecular flexibility index (Phi) is 10.4. The Bertz CT molecular complexity index is 883. The molecule has 0 aromatic heterocycles. The Morgan fingerprint density at radius 2 is 1.51 bits per heavy atom. The third-order valence-corrected chi connectivity index (χ3v) is 5.93. The van der Waals surface area contributed by atoms with Crippen molar-refractivity contribution in [2.75, 3.05) is 6.61 Å². The lowest BCUT2D eigenvalue weighted by Crippen LogP contribution is -2.56. The Morgan fingerprint density at radius 1 is 0.943 bits per heavy atom. The molecule has 1 aromatic carbocycles. The number of rotatable bonds is 13. The van der Waals surface area contributed by atoms with Gasteiger partial charge in [-0.2, -0.15) is 0 Å². The van der Waals surface area contributed by atoms with Gasteiger partial charge in [-0.05, 0) is 50.0 Å². The molecule has 5 N–H and O–H groups in total. The number of epoxide rings is 1. The number of urea groups is 1. The minimum Gasteiger partial charge on any atom is -0.361 e. The van der Waals surface area contributed by atoms with Gasteiger partial charge in [-0.3, -0.25) is 19.7 Å². The lowest BCUT2D eigenvalue weighted by molar-refractivity contribution is -0.129. The summed E-state index contributed by atoms with van der Waals surface area (Å²) in [6.45, 7) is 9.70. The molecule has 3 unspecified atom stereocenters. The minimum absolute atomic E-state index is 0.0805. The summed E-state index contributed by atoms with van der Waals surface area (Å²) in [5.74, 6) is -1.09. The Balaban J connectivity index is 1.95. The van der Waals surface area contributed by atoms with E-state index in [1.165, 1.54) is 0 Å². The third kappa shape index (κ3) is 9.41. The lowest BCUT2D eigenvalue weighted by atomic mass is 9.93. The molecule has 4 amide bonds. The van der Waals surface area contributed by atoms with Crippen molar-refractivity contribution in [3.8, 4) is 0 Å². The zero-order chi connectivity index (χ0) is 26.2. The molecule has 194 valence electrons. The number of hydrogen-bond donors (Lipinski definition) is 4. The van der Waals surface area contributed by atoms with Gasteiger partial charge in [0.1, 0.15) is 11.6 Å². The molecule has 1 aliphatic rings. The molecule has 1 aromatic rings. The second kappa shape index (κ2) is 12.8. The largest absolute Gasteiger partial charge is 0.361 e. The van der Waals surface area contributed by atoms with Gasteiger partial charge >= 0.3 is 6.03 Å². The van der Waals surface area contributed by atoms with E-state index in [2.05, 4.69) is 16.0 Å². The third-order valence-electron chi connectivity index (χ3n) is 5.93.